The number of ether oxygens (including phenoxy) is 2. The number of rotatable bonds is 7. The third-order valence-electron chi connectivity index (χ3n) is 3.71. The van der Waals surface area contributed by atoms with Crippen LogP contribution in [0.15, 0.2) is 41.7 Å². The molecular weight excluding hydrogens is 390 g/mol. The molecule has 29 heavy (non-hydrogen) atoms. The molecule has 0 unspecified atom stereocenters. The van der Waals surface area contributed by atoms with Gasteiger partial charge in [0.05, 0.1) is 6.61 Å². The van der Waals surface area contributed by atoms with E-state index in [1.807, 2.05) is 38.3 Å². The number of thioether (sulfide) groups is 1. The van der Waals surface area contributed by atoms with Crippen molar-refractivity contribution in [2.45, 2.75) is 25.9 Å². The van der Waals surface area contributed by atoms with E-state index < -0.39 is 5.97 Å². The number of nitrogens with zero attached hydrogens (tertiary/aromatic N) is 4. The van der Waals surface area contributed by atoms with Gasteiger partial charge in [0.2, 0.25) is 0 Å². The number of esters is 1. The van der Waals surface area contributed by atoms with Gasteiger partial charge in [0.1, 0.15) is 17.1 Å². The van der Waals surface area contributed by atoms with E-state index >= 15 is 0 Å². The van der Waals surface area contributed by atoms with E-state index in [9.17, 15) is 4.79 Å². The summed E-state index contributed by atoms with van der Waals surface area (Å²) < 4.78 is 10.9. The van der Waals surface area contributed by atoms with Crippen molar-refractivity contribution < 1.29 is 14.3 Å². The Morgan fingerprint density at radius 2 is 1.90 bits per heavy atom. The molecule has 0 aliphatic heterocycles. The molecule has 150 valence electrons. The van der Waals surface area contributed by atoms with Gasteiger partial charge in [-0.1, -0.05) is 17.8 Å². The van der Waals surface area contributed by atoms with Crippen LogP contribution in [0.1, 0.15) is 28.7 Å². The maximum atomic E-state index is 12.2. The van der Waals surface area contributed by atoms with Gasteiger partial charge in [0.25, 0.3) is 0 Å². The molecule has 0 spiro atoms. The lowest BCUT2D eigenvalue weighted by Crippen LogP contribution is -2.10. The van der Waals surface area contributed by atoms with Crippen molar-refractivity contribution >= 4 is 29.2 Å². The molecule has 9 heteroatoms. The zero-order valence-electron chi connectivity index (χ0n) is 16.6. The van der Waals surface area contributed by atoms with Crippen LogP contribution in [-0.2, 0) is 4.74 Å². The molecule has 0 amide bonds. The molecule has 1 N–H and O–H groups in total. The number of aryl methyl sites for hydroxylation is 2. The monoisotopic (exact) mass is 411 g/mol. The fourth-order valence-corrected chi connectivity index (χ4v) is 2.88. The summed E-state index contributed by atoms with van der Waals surface area (Å²) >= 11 is 1.38. The highest BCUT2D eigenvalue weighted by Crippen LogP contribution is 2.26. The van der Waals surface area contributed by atoms with Gasteiger partial charge in [-0.25, -0.2) is 24.7 Å². The SMILES string of the molecule is CCOC(=O)c1cnc(SC)nc1Nc1cccc(Oc2nc(C)cc(C)n2)c1. The van der Waals surface area contributed by atoms with Crippen LogP contribution in [0.5, 0.6) is 11.8 Å². The molecule has 0 fully saturated rings. The normalized spacial score (nSPS) is 10.5. The van der Waals surface area contributed by atoms with Gasteiger partial charge in [-0.15, -0.1) is 0 Å². The smallest absolute Gasteiger partial charge is 0.343 e. The Morgan fingerprint density at radius 1 is 1.14 bits per heavy atom. The second-order valence-electron chi connectivity index (χ2n) is 6.03. The minimum absolute atomic E-state index is 0.258. The molecule has 8 nitrogen and oxygen atoms in total. The molecule has 0 bridgehead atoms. The first-order valence-corrected chi connectivity index (χ1v) is 10.2. The summed E-state index contributed by atoms with van der Waals surface area (Å²) in [6.07, 6.45) is 3.32. The van der Waals surface area contributed by atoms with Crippen LogP contribution in [-0.4, -0.2) is 38.8 Å². The van der Waals surface area contributed by atoms with Crippen molar-refractivity contribution in [3.63, 3.8) is 0 Å². The van der Waals surface area contributed by atoms with Gasteiger partial charge in [0, 0.05) is 29.3 Å². The molecule has 2 aromatic heterocycles. The van der Waals surface area contributed by atoms with E-state index in [-0.39, 0.29) is 18.2 Å². The minimum atomic E-state index is -0.487. The van der Waals surface area contributed by atoms with E-state index in [0.29, 0.717) is 22.4 Å². The molecule has 0 saturated heterocycles. The van der Waals surface area contributed by atoms with Gasteiger partial charge < -0.3 is 14.8 Å². The van der Waals surface area contributed by atoms with Crippen LogP contribution in [0.3, 0.4) is 0 Å². The summed E-state index contributed by atoms with van der Waals surface area (Å²) in [7, 11) is 0. The number of carbonyl (C=O) groups is 1. The topological polar surface area (TPSA) is 99.1 Å². The molecule has 3 rings (SSSR count). The first-order valence-electron chi connectivity index (χ1n) is 8.94. The van der Waals surface area contributed by atoms with E-state index in [4.69, 9.17) is 9.47 Å². The zero-order chi connectivity index (χ0) is 20.8. The number of hydrogen-bond acceptors (Lipinski definition) is 9. The van der Waals surface area contributed by atoms with Crippen LogP contribution in [0, 0.1) is 13.8 Å². The Kier molecular flexibility index (Phi) is 6.61. The summed E-state index contributed by atoms with van der Waals surface area (Å²) in [5.74, 6) is 0.429. The summed E-state index contributed by atoms with van der Waals surface area (Å²) in [6.45, 7) is 5.78. The van der Waals surface area contributed by atoms with Crippen LogP contribution < -0.4 is 10.1 Å². The van der Waals surface area contributed by atoms with Crippen LogP contribution in [0.25, 0.3) is 0 Å². The molecule has 0 atom stereocenters. The number of aromatic nitrogens is 4. The molecule has 0 saturated carbocycles. The van der Waals surface area contributed by atoms with Crippen molar-refractivity contribution in [2.24, 2.45) is 0 Å². The van der Waals surface area contributed by atoms with E-state index in [2.05, 4.69) is 25.3 Å². The zero-order valence-corrected chi connectivity index (χ0v) is 17.4. The molecular formula is C20H21N5O3S. The summed E-state index contributed by atoms with van der Waals surface area (Å²) in [6, 6.07) is 9.38. The maximum absolute atomic E-state index is 12.2. The fraction of sp³-hybridized carbons (Fsp3) is 0.250. The Hall–Kier alpha value is -3.20. The van der Waals surface area contributed by atoms with E-state index in [1.54, 1.807) is 19.1 Å². The minimum Gasteiger partial charge on any atom is -0.462 e. The molecule has 0 aliphatic rings. The third kappa shape index (κ3) is 5.41. The predicted molar refractivity (Wildman–Crippen MR) is 111 cm³/mol. The number of anilines is 2. The first kappa shape index (κ1) is 20.5. The Bertz CT molecular complexity index is 1010. The number of benzene rings is 1. The fourth-order valence-electron chi connectivity index (χ4n) is 2.54. The lowest BCUT2D eigenvalue weighted by Gasteiger charge is -2.12. The van der Waals surface area contributed by atoms with Crippen LogP contribution >= 0.6 is 11.8 Å². The van der Waals surface area contributed by atoms with Crippen molar-refractivity contribution in [1.82, 2.24) is 19.9 Å². The summed E-state index contributed by atoms with van der Waals surface area (Å²) in [5.41, 5.74) is 2.59. The van der Waals surface area contributed by atoms with E-state index in [1.165, 1.54) is 18.0 Å². The Labute approximate surface area is 173 Å². The van der Waals surface area contributed by atoms with Crippen molar-refractivity contribution in [1.29, 1.82) is 0 Å². The standard InChI is InChI=1S/C20H21N5O3S/c1-5-27-18(26)16-11-21-20(29-4)25-17(16)24-14-7-6-8-15(10-14)28-19-22-12(2)9-13(3)23-19/h6-11H,5H2,1-4H3,(H,21,24,25). The lowest BCUT2D eigenvalue weighted by atomic mass is 10.2. The van der Waals surface area contributed by atoms with Gasteiger partial charge in [-0.3, -0.25) is 0 Å². The maximum Gasteiger partial charge on any atom is 0.343 e. The van der Waals surface area contributed by atoms with Gasteiger partial charge >= 0.3 is 12.0 Å². The second-order valence-corrected chi connectivity index (χ2v) is 6.80. The van der Waals surface area contributed by atoms with Crippen molar-refractivity contribution in [3.05, 3.63) is 53.5 Å². The number of carbonyl (C=O) groups excluding carboxylic acids is 1. The van der Waals surface area contributed by atoms with Crippen LogP contribution in [0.2, 0.25) is 0 Å². The van der Waals surface area contributed by atoms with Crippen molar-refractivity contribution in [2.75, 3.05) is 18.2 Å². The van der Waals surface area contributed by atoms with E-state index in [0.717, 1.165) is 11.4 Å². The molecule has 2 heterocycles. The highest BCUT2D eigenvalue weighted by atomic mass is 32.2. The largest absolute Gasteiger partial charge is 0.462 e. The first-order chi connectivity index (χ1) is 14.0. The number of hydrogen-bond donors (Lipinski definition) is 1. The number of nitrogens with one attached hydrogen (secondary N) is 1. The molecule has 1 aromatic carbocycles. The summed E-state index contributed by atoms with van der Waals surface area (Å²) in [4.78, 5) is 29.4. The highest BCUT2D eigenvalue weighted by molar-refractivity contribution is 7.98. The summed E-state index contributed by atoms with van der Waals surface area (Å²) in [5, 5.41) is 3.69. The average molecular weight is 411 g/mol. The molecule has 3 aromatic rings. The lowest BCUT2D eigenvalue weighted by molar-refractivity contribution is 0.0526. The predicted octanol–water partition coefficient (Wildman–Crippen LogP) is 4.32. The second kappa shape index (κ2) is 9.33. The van der Waals surface area contributed by atoms with Crippen molar-refractivity contribution in [3.8, 4) is 11.8 Å². The highest BCUT2D eigenvalue weighted by Gasteiger charge is 2.16. The third-order valence-corrected chi connectivity index (χ3v) is 4.27. The molecule has 0 radical (unpaired) electrons. The van der Waals surface area contributed by atoms with Gasteiger partial charge in [-0.05, 0) is 45.2 Å². The van der Waals surface area contributed by atoms with Gasteiger partial charge in [0.15, 0.2) is 5.16 Å². The average Bonchev–Trinajstić information content (AvgIpc) is 2.67. The van der Waals surface area contributed by atoms with Gasteiger partial charge in [-0.2, -0.15) is 0 Å². The quantitative estimate of drug-likeness (QED) is 0.346. The van der Waals surface area contributed by atoms with Crippen LogP contribution in [0.4, 0.5) is 11.5 Å². The molecule has 0 aliphatic carbocycles. The Morgan fingerprint density at radius 3 is 2.59 bits per heavy atom. The Balaban J connectivity index is 1.87.